The minimum Gasteiger partial charge on any atom is -0.464 e. The first-order chi connectivity index (χ1) is 9.16. The molecule has 1 aromatic carbocycles. The third kappa shape index (κ3) is 2.08. The monoisotopic (exact) mass is 275 g/mol. The smallest absolute Gasteiger partial charge is 0.329 e. The van der Waals surface area contributed by atoms with Crippen LogP contribution in [-0.4, -0.2) is 27.1 Å². The Morgan fingerprint density at radius 2 is 2.32 bits per heavy atom. The van der Waals surface area contributed by atoms with E-state index < -0.39 is 0 Å². The van der Waals surface area contributed by atoms with Gasteiger partial charge in [0.25, 0.3) is 0 Å². The standard InChI is InChI=1S/C13H13N3O2S/c14-11(19)7-12-15-8-3-1-2-4-9(8)16(12)10-5-6-18-13(10)17/h1-4,10H,5-7H2,(H2,14,19). The van der Waals surface area contributed by atoms with E-state index in [9.17, 15) is 4.79 Å². The maximum absolute atomic E-state index is 11.8. The highest BCUT2D eigenvalue weighted by Crippen LogP contribution is 2.27. The van der Waals surface area contributed by atoms with E-state index in [4.69, 9.17) is 22.7 Å². The first kappa shape index (κ1) is 12.1. The molecular formula is C13H13N3O2S. The lowest BCUT2D eigenvalue weighted by atomic mass is 10.2. The van der Waals surface area contributed by atoms with E-state index >= 15 is 0 Å². The van der Waals surface area contributed by atoms with Crippen LogP contribution in [0.5, 0.6) is 0 Å². The van der Waals surface area contributed by atoms with Gasteiger partial charge in [-0.05, 0) is 12.1 Å². The highest BCUT2D eigenvalue weighted by Gasteiger charge is 2.31. The zero-order chi connectivity index (χ0) is 13.4. The number of carbonyl (C=O) groups is 1. The predicted molar refractivity (Wildman–Crippen MR) is 74.8 cm³/mol. The molecule has 3 rings (SSSR count). The van der Waals surface area contributed by atoms with Crippen molar-refractivity contribution in [1.29, 1.82) is 0 Å². The molecule has 1 unspecified atom stereocenters. The Balaban J connectivity index is 2.18. The van der Waals surface area contributed by atoms with Crippen LogP contribution in [0.4, 0.5) is 0 Å². The summed E-state index contributed by atoms with van der Waals surface area (Å²) in [6.45, 7) is 0.447. The van der Waals surface area contributed by atoms with Crippen molar-refractivity contribution >= 4 is 34.2 Å². The Hall–Kier alpha value is -1.95. The summed E-state index contributed by atoms with van der Waals surface area (Å²) in [5.41, 5.74) is 7.37. The van der Waals surface area contributed by atoms with Gasteiger partial charge >= 0.3 is 5.97 Å². The molecular weight excluding hydrogens is 262 g/mol. The minimum absolute atomic E-state index is 0.215. The summed E-state index contributed by atoms with van der Waals surface area (Å²) in [5.74, 6) is 0.505. The van der Waals surface area contributed by atoms with E-state index in [0.717, 1.165) is 16.9 Å². The summed E-state index contributed by atoms with van der Waals surface area (Å²) < 4.78 is 6.95. The van der Waals surface area contributed by atoms with Crippen LogP contribution in [-0.2, 0) is 16.0 Å². The molecule has 1 atom stereocenters. The van der Waals surface area contributed by atoms with Gasteiger partial charge in [-0.15, -0.1) is 0 Å². The average Bonchev–Trinajstić information content (AvgIpc) is 2.91. The highest BCUT2D eigenvalue weighted by atomic mass is 32.1. The minimum atomic E-state index is -0.322. The third-order valence-electron chi connectivity index (χ3n) is 3.22. The first-order valence-electron chi connectivity index (χ1n) is 6.07. The lowest BCUT2D eigenvalue weighted by Crippen LogP contribution is -2.20. The van der Waals surface area contributed by atoms with E-state index in [-0.39, 0.29) is 12.0 Å². The SMILES string of the molecule is NC(=S)Cc1nc2ccccc2n1C1CCOC1=O. The molecule has 2 aromatic rings. The summed E-state index contributed by atoms with van der Waals surface area (Å²) in [5, 5.41) is 0. The van der Waals surface area contributed by atoms with Crippen LogP contribution < -0.4 is 5.73 Å². The predicted octanol–water partition coefficient (Wildman–Crippen LogP) is 1.35. The van der Waals surface area contributed by atoms with E-state index in [1.54, 1.807) is 0 Å². The van der Waals surface area contributed by atoms with Gasteiger partial charge in [-0.1, -0.05) is 24.4 Å². The fourth-order valence-corrected chi connectivity index (χ4v) is 2.57. The van der Waals surface area contributed by atoms with Gasteiger partial charge in [-0.2, -0.15) is 0 Å². The summed E-state index contributed by atoms with van der Waals surface area (Å²) >= 11 is 4.95. The lowest BCUT2D eigenvalue weighted by Gasteiger charge is -2.12. The fourth-order valence-electron chi connectivity index (χ4n) is 2.44. The molecule has 1 saturated heterocycles. The van der Waals surface area contributed by atoms with Gasteiger partial charge in [0.2, 0.25) is 0 Å². The Morgan fingerprint density at radius 1 is 1.53 bits per heavy atom. The Kier molecular flexibility index (Phi) is 2.94. The van der Waals surface area contributed by atoms with E-state index in [2.05, 4.69) is 4.98 Å². The van der Waals surface area contributed by atoms with Crippen molar-refractivity contribution in [1.82, 2.24) is 9.55 Å². The number of imidazole rings is 1. The zero-order valence-electron chi connectivity index (χ0n) is 10.2. The average molecular weight is 275 g/mol. The highest BCUT2D eigenvalue weighted by molar-refractivity contribution is 7.80. The third-order valence-corrected chi connectivity index (χ3v) is 3.36. The topological polar surface area (TPSA) is 70.1 Å². The van der Waals surface area contributed by atoms with Crippen LogP contribution >= 0.6 is 12.2 Å². The van der Waals surface area contributed by atoms with Crippen molar-refractivity contribution in [2.75, 3.05) is 6.61 Å². The number of para-hydroxylation sites is 2. The molecule has 1 aliphatic heterocycles. The molecule has 1 fully saturated rings. The molecule has 0 amide bonds. The molecule has 0 spiro atoms. The zero-order valence-corrected chi connectivity index (χ0v) is 11.0. The maximum Gasteiger partial charge on any atom is 0.329 e. The van der Waals surface area contributed by atoms with Crippen molar-refractivity contribution in [2.24, 2.45) is 5.73 Å². The molecule has 1 aromatic heterocycles. The number of cyclic esters (lactones) is 1. The summed E-state index contributed by atoms with van der Waals surface area (Å²) in [7, 11) is 0. The van der Waals surface area contributed by atoms with Crippen LogP contribution in [0.2, 0.25) is 0 Å². The number of hydrogen-bond acceptors (Lipinski definition) is 4. The number of nitrogens with two attached hydrogens (primary N) is 1. The summed E-state index contributed by atoms with van der Waals surface area (Å²) in [6.07, 6.45) is 1.04. The first-order valence-corrected chi connectivity index (χ1v) is 6.48. The number of carbonyl (C=O) groups excluding carboxylic acids is 1. The van der Waals surface area contributed by atoms with Gasteiger partial charge in [0.15, 0.2) is 0 Å². The van der Waals surface area contributed by atoms with Crippen molar-refractivity contribution < 1.29 is 9.53 Å². The molecule has 19 heavy (non-hydrogen) atoms. The van der Waals surface area contributed by atoms with Crippen molar-refractivity contribution in [2.45, 2.75) is 18.9 Å². The Bertz CT molecular complexity index is 665. The number of thiocarbonyl (C=S) groups is 1. The molecule has 6 heteroatoms. The molecule has 1 aliphatic rings. The molecule has 0 radical (unpaired) electrons. The van der Waals surface area contributed by atoms with Gasteiger partial charge in [-0.25, -0.2) is 9.78 Å². The van der Waals surface area contributed by atoms with E-state index in [0.29, 0.717) is 24.4 Å². The number of rotatable bonds is 3. The van der Waals surface area contributed by atoms with E-state index in [1.165, 1.54) is 0 Å². The second-order valence-electron chi connectivity index (χ2n) is 4.50. The van der Waals surface area contributed by atoms with Crippen LogP contribution in [0.25, 0.3) is 11.0 Å². The molecule has 0 aliphatic carbocycles. The van der Waals surface area contributed by atoms with Crippen LogP contribution in [0.15, 0.2) is 24.3 Å². The molecule has 0 saturated carbocycles. The summed E-state index contributed by atoms with van der Waals surface area (Å²) in [6, 6.07) is 7.37. The van der Waals surface area contributed by atoms with Crippen LogP contribution in [0.1, 0.15) is 18.3 Å². The number of esters is 1. The molecule has 98 valence electrons. The molecule has 0 bridgehead atoms. The van der Waals surface area contributed by atoms with Crippen molar-refractivity contribution in [3.05, 3.63) is 30.1 Å². The van der Waals surface area contributed by atoms with Crippen LogP contribution in [0, 0.1) is 0 Å². The molecule has 2 heterocycles. The molecule has 5 nitrogen and oxygen atoms in total. The second-order valence-corrected chi connectivity index (χ2v) is 5.03. The van der Waals surface area contributed by atoms with E-state index in [1.807, 2.05) is 28.8 Å². The number of ether oxygens (including phenoxy) is 1. The van der Waals surface area contributed by atoms with Crippen molar-refractivity contribution in [3.63, 3.8) is 0 Å². The summed E-state index contributed by atoms with van der Waals surface area (Å²) in [4.78, 5) is 16.7. The number of hydrogen-bond donors (Lipinski definition) is 1. The van der Waals surface area contributed by atoms with Crippen molar-refractivity contribution in [3.8, 4) is 0 Å². The van der Waals surface area contributed by atoms with Gasteiger partial charge in [0, 0.05) is 6.42 Å². The van der Waals surface area contributed by atoms with Gasteiger partial charge in [0.1, 0.15) is 11.9 Å². The quantitative estimate of drug-likeness (QED) is 0.676. The number of nitrogens with zero attached hydrogens (tertiary/aromatic N) is 2. The van der Waals surface area contributed by atoms with Gasteiger partial charge in [0.05, 0.1) is 29.0 Å². The number of fused-ring (bicyclic) bond motifs is 1. The fraction of sp³-hybridized carbons (Fsp3) is 0.308. The molecule has 2 N–H and O–H groups in total. The Labute approximate surface area is 115 Å². The normalized spacial score (nSPS) is 18.7. The van der Waals surface area contributed by atoms with Gasteiger partial charge < -0.3 is 15.0 Å². The number of aromatic nitrogens is 2. The lowest BCUT2D eigenvalue weighted by molar-refractivity contribution is -0.140. The Morgan fingerprint density at radius 3 is 3.00 bits per heavy atom. The largest absolute Gasteiger partial charge is 0.464 e. The second kappa shape index (κ2) is 4.62. The number of benzene rings is 1. The maximum atomic E-state index is 11.8. The van der Waals surface area contributed by atoms with Crippen LogP contribution in [0.3, 0.4) is 0 Å². The van der Waals surface area contributed by atoms with Gasteiger partial charge in [-0.3, -0.25) is 0 Å².